The molecule has 0 amide bonds. The summed E-state index contributed by atoms with van der Waals surface area (Å²) in [7, 11) is -4.12. The number of sulfonamides is 1. The number of aliphatic hydroxyl groups is 1. The van der Waals surface area contributed by atoms with Crippen LogP contribution < -0.4 is 4.74 Å². The molecule has 2 aromatic rings. The number of hydrogen-bond acceptors (Lipinski definition) is 7. The van der Waals surface area contributed by atoms with Crippen LogP contribution in [-0.2, 0) is 10.0 Å². The Hall–Kier alpha value is -1.95. The third kappa shape index (κ3) is 4.85. The highest BCUT2D eigenvalue weighted by Crippen LogP contribution is 2.37. The van der Waals surface area contributed by atoms with Crippen LogP contribution in [0.25, 0.3) is 0 Å². The number of aliphatic hydroxyl groups excluding tert-OH is 1. The molecule has 162 valence electrons. The Kier molecular flexibility index (Phi) is 6.85. The second-order valence-electron chi connectivity index (χ2n) is 6.64. The third-order valence-electron chi connectivity index (χ3n) is 4.67. The van der Waals surface area contributed by atoms with Gasteiger partial charge in [-0.25, -0.2) is 8.42 Å². The van der Waals surface area contributed by atoms with Crippen LogP contribution in [0.1, 0.15) is 6.92 Å². The highest BCUT2D eigenvalue weighted by atomic mass is 35.5. The van der Waals surface area contributed by atoms with Gasteiger partial charge in [0.05, 0.1) is 9.95 Å². The maximum atomic E-state index is 13.3. The molecular formula is C18H19Cl2N3O6S. The molecule has 1 aliphatic heterocycles. The molecule has 30 heavy (non-hydrogen) atoms. The standard InChI is InChI=1S/C18H19Cl2N3O6S/c1-12(24)21-6-8-22(9-7-21)30(27,28)18-11-14(23(25)26)3-5-16(18)29-17-10-13(19)2-4-15(17)20/h2-5,10-12,24H,6-9H2,1H3. The van der Waals surface area contributed by atoms with E-state index in [4.69, 9.17) is 27.9 Å². The molecule has 0 aromatic heterocycles. The summed E-state index contributed by atoms with van der Waals surface area (Å²) in [6.07, 6.45) is -0.698. The molecule has 12 heteroatoms. The topological polar surface area (TPSA) is 113 Å². The van der Waals surface area contributed by atoms with Gasteiger partial charge in [-0.3, -0.25) is 15.0 Å². The maximum absolute atomic E-state index is 13.3. The summed E-state index contributed by atoms with van der Waals surface area (Å²) < 4.78 is 33.5. The normalized spacial score (nSPS) is 16.9. The number of non-ortho nitro benzene ring substituents is 1. The number of benzene rings is 2. The minimum Gasteiger partial charge on any atom is -0.454 e. The number of ether oxygens (including phenoxy) is 1. The smallest absolute Gasteiger partial charge is 0.271 e. The number of rotatable bonds is 6. The molecule has 1 saturated heterocycles. The molecule has 1 fully saturated rings. The van der Waals surface area contributed by atoms with Crippen molar-refractivity contribution >= 4 is 38.9 Å². The van der Waals surface area contributed by atoms with Gasteiger partial charge < -0.3 is 9.84 Å². The lowest BCUT2D eigenvalue weighted by atomic mass is 10.3. The summed E-state index contributed by atoms with van der Waals surface area (Å²) in [5.41, 5.74) is -0.388. The van der Waals surface area contributed by atoms with Crippen LogP contribution >= 0.6 is 23.2 Å². The summed E-state index contributed by atoms with van der Waals surface area (Å²) >= 11 is 12.1. The fraction of sp³-hybridized carbons (Fsp3) is 0.333. The Morgan fingerprint density at radius 3 is 2.37 bits per heavy atom. The van der Waals surface area contributed by atoms with Crippen molar-refractivity contribution < 1.29 is 23.2 Å². The molecular weight excluding hydrogens is 457 g/mol. The predicted octanol–water partition coefficient (Wildman–Crippen LogP) is 3.34. The average Bonchev–Trinajstić information content (AvgIpc) is 2.70. The molecule has 0 spiro atoms. The predicted molar refractivity (Wildman–Crippen MR) is 112 cm³/mol. The van der Waals surface area contributed by atoms with E-state index in [1.165, 1.54) is 22.5 Å². The fourth-order valence-electron chi connectivity index (χ4n) is 3.03. The van der Waals surface area contributed by atoms with E-state index in [1.54, 1.807) is 17.9 Å². The Morgan fingerprint density at radius 1 is 1.10 bits per heavy atom. The Labute approximate surface area is 183 Å². The van der Waals surface area contributed by atoms with Gasteiger partial charge in [0.25, 0.3) is 5.69 Å². The van der Waals surface area contributed by atoms with Crippen molar-refractivity contribution in [2.45, 2.75) is 18.0 Å². The Balaban J connectivity index is 2.00. The van der Waals surface area contributed by atoms with Gasteiger partial charge in [-0.2, -0.15) is 4.31 Å². The quantitative estimate of drug-likeness (QED) is 0.503. The van der Waals surface area contributed by atoms with E-state index in [-0.39, 0.29) is 40.2 Å². The van der Waals surface area contributed by atoms with E-state index in [0.29, 0.717) is 18.1 Å². The Morgan fingerprint density at radius 2 is 1.77 bits per heavy atom. The molecule has 0 saturated carbocycles. The monoisotopic (exact) mass is 475 g/mol. The van der Waals surface area contributed by atoms with Crippen molar-refractivity contribution in [1.82, 2.24) is 9.21 Å². The van der Waals surface area contributed by atoms with Crippen molar-refractivity contribution in [3.8, 4) is 11.5 Å². The van der Waals surface area contributed by atoms with Crippen molar-refractivity contribution in [1.29, 1.82) is 0 Å². The van der Waals surface area contributed by atoms with Crippen LogP contribution in [0, 0.1) is 10.1 Å². The molecule has 3 rings (SSSR count). The summed E-state index contributed by atoms with van der Waals surface area (Å²) in [5, 5.41) is 21.4. The van der Waals surface area contributed by atoms with Gasteiger partial charge in [-0.15, -0.1) is 0 Å². The van der Waals surface area contributed by atoms with Gasteiger partial charge in [0.1, 0.15) is 22.6 Å². The maximum Gasteiger partial charge on any atom is 0.271 e. The molecule has 0 aliphatic carbocycles. The summed E-state index contributed by atoms with van der Waals surface area (Å²) in [4.78, 5) is 11.9. The van der Waals surface area contributed by atoms with Crippen molar-refractivity contribution in [3.05, 3.63) is 56.6 Å². The molecule has 1 unspecified atom stereocenters. The number of hydrogen-bond donors (Lipinski definition) is 1. The minimum atomic E-state index is -4.12. The van der Waals surface area contributed by atoms with Crippen LogP contribution in [0.3, 0.4) is 0 Å². The number of nitrogens with zero attached hydrogens (tertiary/aromatic N) is 3. The first kappa shape index (κ1) is 22.7. The van der Waals surface area contributed by atoms with Gasteiger partial charge in [-0.05, 0) is 25.1 Å². The summed E-state index contributed by atoms with van der Waals surface area (Å²) in [6.45, 7) is 2.48. The van der Waals surface area contributed by atoms with Gasteiger partial charge >= 0.3 is 0 Å². The fourth-order valence-corrected chi connectivity index (χ4v) is 4.90. The van der Waals surface area contributed by atoms with Crippen LogP contribution in [0.4, 0.5) is 5.69 Å². The van der Waals surface area contributed by atoms with Crippen molar-refractivity contribution in [3.63, 3.8) is 0 Å². The molecule has 1 heterocycles. The first-order valence-electron chi connectivity index (χ1n) is 8.93. The lowest BCUT2D eigenvalue weighted by molar-refractivity contribution is -0.385. The summed E-state index contributed by atoms with van der Waals surface area (Å²) in [6, 6.07) is 7.79. The van der Waals surface area contributed by atoms with Crippen molar-refractivity contribution in [2.24, 2.45) is 0 Å². The number of halogens is 2. The van der Waals surface area contributed by atoms with Crippen LogP contribution in [0.15, 0.2) is 41.3 Å². The minimum absolute atomic E-state index is 0.109. The SMILES string of the molecule is CC(O)N1CCN(S(=O)(=O)c2cc([N+](=O)[O-])ccc2Oc2cc(Cl)ccc2Cl)CC1. The number of piperazine rings is 1. The van der Waals surface area contributed by atoms with Gasteiger partial charge in [0, 0.05) is 49.4 Å². The number of nitro benzene ring substituents is 1. The average molecular weight is 476 g/mol. The van der Waals surface area contributed by atoms with Crippen molar-refractivity contribution in [2.75, 3.05) is 26.2 Å². The van der Waals surface area contributed by atoms with E-state index in [1.807, 2.05) is 0 Å². The van der Waals surface area contributed by atoms with E-state index in [0.717, 1.165) is 12.1 Å². The molecule has 0 radical (unpaired) electrons. The third-order valence-corrected chi connectivity index (χ3v) is 7.14. The first-order chi connectivity index (χ1) is 14.1. The highest BCUT2D eigenvalue weighted by molar-refractivity contribution is 7.89. The largest absolute Gasteiger partial charge is 0.454 e. The lowest BCUT2D eigenvalue weighted by Gasteiger charge is -2.35. The zero-order valence-corrected chi connectivity index (χ0v) is 18.2. The molecule has 1 aliphatic rings. The molecule has 0 bridgehead atoms. The lowest BCUT2D eigenvalue weighted by Crippen LogP contribution is -2.51. The zero-order valence-electron chi connectivity index (χ0n) is 15.9. The molecule has 9 nitrogen and oxygen atoms in total. The Bertz CT molecular complexity index is 1060. The van der Waals surface area contributed by atoms with Gasteiger partial charge in [-0.1, -0.05) is 23.2 Å². The van der Waals surface area contributed by atoms with E-state index < -0.39 is 21.2 Å². The molecule has 1 atom stereocenters. The van der Waals surface area contributed by atoms with Crippen LogP contribution in [0.5, 0.6) is 11.5 Å². The van der Waals surface area contributed by atoms with Crippen LogP contribution in [-0.4, -0.2) is 60.1 Å². The summed E-state index contributed by atoms with van der Waals surface area (Å²) in [5.74, 6) is 0.0103. The van der Waals surface area contributed by atoms with Gasteiger partial charge in [0.15, 0.2) is 0 Å². The molecule has 1 N–H and O–H groups in total. The van der Waals surface area contributed by atoms with Crippen LogP contribution in [0.2, 0.25) is 10.0 Å². The highest BCUT2D eigenvalue weighted by Gasteiger charge is 2.33. The number of nitro groups is 1. The second kappa shape index (κ2) is 9.04. The second-order valence-corrected chi connectivity index (χ2v) is 9.39. The molecule has 2 aromatic carbocycles. The zero-order chi connectivity index (χ0) is 22.1. The van der Waals surface area contributed by atoms with E-state index in [2.05, 4.69) is 0 Å². The van der Waals surface area contributed by atoms with E-state index in [9.17, 15) is 23.6 Å². The van der Waals surface area contributed by atoms with E-state index >= 15 is 0 Å². The van der Waals surface area contributed by atoms with Gasteiger partial charge in [0.2, 0.25) is 10.0 Å². The first-order valence-corrected chi connectivity index (χ1v) is 11.1.